The first-order valence-electron chi connectivity index (χ1n) is 2.96. The van der Waals surface area contributed by atoms with Gasteiger partial charge in [-0.2, -0.15) is 13.2 Å². The second kappa shape index (κ2) is 2.67. The van der Waals surface area contributed by atoms with E-state index in [0.29, 0.717) is 0 Å². The Kier molecular flexibility index (Phi) is 2.01. The lowest BCUT2D eigenvalue weighted by atomic mass is 10.1. The van der Waals surface area contributed by atoms with Gasteiger partial charge in [0.15, 0.2) is 6.04 Å². The van der Waals surface area contributed by atoms with Crippen molar-refractivity contribution in [1.82, 2.24) is 5.32 Å². The van der Waals surface area contributed by atoms with Crippen LogP contribution < -0.4 is 5.32 Å². The van der Waals surface area contributed by atoms with E-state index in [1.807, 2.05) is 0 Å². The molecule has 1 aliphatic rings. The maximum atomic E-state index is 11.9. The van der Waals surface area contributed by atoms with Crippen LogP contribution in [0.4, 0.5) is 17.6 Å². The van der Waals surface area contributed by atoms with Crippen LogP contribution in [0.15, 0.2) is 4.99 Å². The average Bonchev–Trinajstić information content (AvgIpc) is 2.31. The van der Waals surface area contributed by atoms with E-state index < -0.39 is 24.9 Å². The fourth-order valence-corrected chi connectivity index (χ4v) is 0.856. The number of hydrogen-bond donors (Lipinski definition) is 1. The van der Waals surface area contributed by atoms with Crippen molar-refractivity contribution in [1.29, 1.82) is 0 Å². The molecule has 0 fully saturated rings. The van der Waals surface area contributed by atoms with Gasteiger partial charge in [0.25, 0.3) is 0 Å². The maximum Gasteiger partial charge on any atom is 0.412 e. The van der Waals surface area contributed by atoms with Crippen molar-refractivity contribution in [2.45, 2.75) is 18.3 Å². The van der Waals surface area contributed by atoms with Crippen LogP contribution in [0.2, 0.25) is 0 Å². The Bertz CT molecular complexity index is 164. The molecule has 0 saturated carbocycles. The van der Waals surface area contributed by atoms with Gasteiger partial charge in [-0.1, -0.05) is 0 Å². The van der Waals surface area contributed by atoms with Gasteiger partial charge < -0.3 is 5.32 Å². The Morgan fingerprint density at radius 3 is 2.45 bits per heavy atom. The predicted octanol–water partition coefficient (Wildman–Crippen LogP) is 0.887. The second-order valence-electron chi connectivity index (χ2n) is 2.19. The smallest absolute Gasteiger partial charge is 0.369 e. The van der Waals surface area contributed by atoms with E-state index in [0.717, 1.165) is 6.34 Å². The maximum absolute atomic E-state index is 11.9. The minimum atomic E-state index is -4.45. The summed E-state index contributed by atoms with van der Waals surface area (Å²) in [4.78, 5) is 3.06. The van der Waals surface area contributed by atoms with Gasteiger partial charge in [-0.3, -0.25) is 4.99 Å². The van der Waals surface area contributed by atoms with E-state index in [-0.39, 0.29) is 0 Å². The zero-order valence-electron chi connectivity index (χ0n) is 5.40. The van der Waals surface area contributed by atoms with Crippen LogP contribution in [0, 0.1) is 0 Å². The van der Waals surface area contributed by atoms with E-state index >= 15 is 0 Å². The number of hydrogen-bond acceptors (Lipinski definition) is 2. The number of alkyl halides is 4. The topological polar surface area (TPSA) is 24.4 Å². The van der Waals surface area contributed by atoms with Crippen LogP contribution >= 0.6 is 0 Å². The highest BCUT2D eigenvalue weighted by Crippen LogP contribution is 2.26. The van der Waals surface area contributed by atoms with Crippen molar-refractivity contribution >= 4 is 6.34 Å². The van der Waals surface area contributed by atoms with Crippen LogP contribution in [0.25, 0.3) is 0 Å². The van der Waals surface area contributed by atoms with E-state index in [1.165, 1.54) is 0 Å². The number of nitrogens with zero attached hydrogens (tertiary/aromatic N) is 1. The summed E-state index contributed by atoms with van der Waals surface area (Å²) < 4.78 is 47.5. The number of nitrogens with one attached hydrogen (secondary N) is 1. The quantitative estimate of drug-likeness (QED) is 0.580. The first-order valence-corrected chi connectivity index (χ1v) is 2.96. The molecule has 2 atom stereocenters. The summed E-state index contributed by atoms with van der Waals surface area (Å²) in [6.07, 6.45) is -3.56. The highest BCUT2D eigenvalue weighted by atomic mass is 19.4. The van der Waals surface area contributed by atoms with Crippen molar-refractivity contribution in [2.24, 2.45) is 4.99 Å². The molecule has 1 aliphatic heterocycles. The molecule has 0 aliphatic carbocycles. The van der Waals surface area contributed by atoms with Crippen LogP contribution in [0.3, 0.4) is 0 Å². The minimum absolute atomic E-state index is 0.891. The molecule has 2 unspecified atom stereocenters. The monoisotopic (exact) mass is 170 g/mol. The van der Waals surface area contributed by atoms with Crippen molar-refractivity contribution in [2.75, 3.05) is 6.67 Å². The first-order chi connectivity index (χ1) is 5.05. The molecule has 6 heteroatoms. The van der Waals surface area contributed by atoms with E-state index in [9.17, 15) is 17.6 Å². The Balaban J connectivity index is 2.63. The lowest BCUT2D eigenvalue weighted by Gasteiger charge is -2.17. The lowest BCUT2D eigenvalue weighted by Crippen LogP contribution is -2.42. The number of rotatable bonds is 1. The molecule has 0 radical (unpaired) electrons. The summed E-state index contributed by atoms with van der Waals surface area (Å²) in [6.45, 7) is -1.07. The van der Waals surface area contributed by atoms with Crippen molar-refractivity contribution in [3.8, 4) is 0 Å². The van der Waals surface area contributed by atoms with Crippen LogP contribution in [0.1, 0.15) is 0 Å². The highest BCUT2D eigenvalue weighted by molar-refractivity contribution is 5.58. The molecule has 11 heavy (non-hydrogen) atoms. The van der Waals surface area contributed by atoms with Crippen LogP contribution in [-0.2, 0) is 0 Å². The molecular weight excluding hydrogens is 164 g/mol. The molecule has 1 heterocycles. The average molecular weight is 170 g/mol. The zero-order chi connectivity index (χ0) is 8.48. The predicted molar refractivity (Wildman–Crippen MR) is 31.2 cm³/mol. The van der Waals surface area contributed by atoms with Crippen molar-refractivity contribution in [3.63, 3.8) is 0 Å². The summed E-state index contributed by atoms with van der Waals surface area (Å²) in [6, 6.07) is -3.16. The molecule has 64 valence electrons. The molecule has 0 bridgehead atoms. The normalized spacial score (nSPS) is 30.5. The molecular formula is C5H6F4N2. The molecule has 0 amide bonds. The van der Waals surface area contributed by atoms with Gasteiger partial charge in [0.2, 0.25) is 0 Å². The highest BCUT2D eigenvalue weighted by Gasteiger charge is 2.46. The van der Waals surface area contributed by atoms with Gasteiger partial charge in [0.1, 0.15) is 6.67 Å². The summed E-state index contributed by atoms with van der Waals surface area (Å²) in [5, 5.41) is 2.18. The van der Waals surface area contributed by atoms with Gasteiger partial charge in [0, 0.05) is 0 Å². The summed E-state index contributed by atoms with van der Waals surface area (Å²) in [5.74, 6) is 0. The lowest BCUT2D eigenvalue weighted by molar-refractivity contribution is -0.150. The third-order valence-corrected chi connectivity index (χ3v) is 1.41. The molecule has 0 aromatic rings. The summed E-state index contributed by atoms with van der Waals surface area (Å²) in [5.41, 5.74) is 0. The van der Waals surface area contributed by atoms with Crippen molar-refractivity contribution < 1.29 is 17.6 Å². The Morgan fingerprint density at radius 2 is 2.09 bits per heavy atom. The molecule has 0 aromatic carbocycles. The van der Waals surface area contributed by atoms with Gasteiger partial charge >= 0.3 is 6.18 Å². The van der Waals surface area contributed by atoms with Gasteiger partial charge in [0.05, 0.1) is 12.4 Å². The van der Waals surface area contributed by atoms with E-state index in [2.05, 4.69) is 10.3 Å². The molecule has 2 nitrogen and oxygen atoms in total. The SMILES string of the molecule is FCC1NC=NC1C(F)(F)F. The summed E-state index contributed by atoms with van der Waals surface area (Å²) >= 11 is 0. The van der Waals surface area contributed by atoms with Crippen LogP contribution in [-0.4, -0.2) is 31.3 Å². The molecule has 0 spiro atoms. The molecule has 0 aromatic heterocycles. The van der Waals surface area contributed by atoms with Gasteiger partial charge in [-0.05, 0) is 0 Å². The Hall–Kier alpha value is -0.810. The van der Waals surface area contributed by atoms with E-state index in [4.69, 9.17) is 0 Å². The second-order valence-corrected chi connectivity index (χ2v) is 2.19. The largest absolute Gasteiger partial charge is 0.412 e. The third-order valence-electron chi connectivity index (χ3n) is 1.41. The third kappa shape index (κ3) is 1.61. The fourth-order valence-electron chi connectivity index (χ4n) is 0.856. The fraction of sp³-hybridized carbons (Fsp3) is 0.800. The minimum Gasteiger partial charge on any atom is -0.369 e. The molecule has 1 N–H and O–H groups in total. The van der Waals surface area contributed by atoms with Crippen molar-refractivity contribution in [3.05, 3.63) is 0 Å². The summed E-state index contributed by atoms with van der Waals surface area (Å²) in [7, 11) is 0. The molecule has 0 saturated heterocycles. The van der Waals surface area contributed by atoms with E-state index in [1.54, 1.807) is 0 Å². The standard InChI is InChI=1S/C5H6F4N2/c6-1-3-4(5(7,8)9)11-2-10-3/h2-4H,1H2,(H,10,11). The first kappa shape index (κ1) is 8.29. The zero-order valence-corrected chi connectivity index (χ0v) is 5.40. The van der Waals surface area contributed by atoms with Gasteiger partial charge in [-0.15, -0.1) is 0 Å². The Labute approximate surface area is 60.3 Å². The van der Waals surface area contributed by atoms with Gasteiger partial charge in [-0.25, -0.2) is 4.39 Å². The number of aliphatic imine (C=N–C) groups is 1. The number of halogens is 4. The Morgan fingerprint density at radius 1 is 1.45 bits per heavy atom. The molecule has 1 rings (SSSR count). The van der Waals surface area contributed by atoms with Crippen LogP contribution in [0.5, 0.6) is 0 Å².